The highest BCUT2D eigenvalue weighted by atomic mass is 16.5. The summed E-state index contributed by atoms with van der Waals surface area (Å²) in [6.07, 6.45) is 3.62. The highest BCUT2D eigenvalue weighted by molar-refractivity contribution is 5.95. The van der Waals surface area contributed by atoms with E-state index in [1.54, 1.807) is 14.2 Å². The molecular formula is C31H38N2O3. The molecule has 0 bridgehead atoms. The van der Waals surface area contributed by atoms with Crippen molar-refractivity contribution in [2.45, 2.75) is 51.6 Å². The molecule has 1 aliphatic heterocycles. The number of nitrogens with zero attached hydrogens (tertiary/aromatic N) is 1. The van der Waals surface area contributed by atoms with Gasteiger partial charge in [-0.2, -0.15) is 0 Å². The lowest BCUT2D eigenvalue weighted by Crippen LogP contribution is -2.52. The predicted molar refractivity (Wildman–Crippen MR) is 145 cm³/mol. The van der Waals surface area contributed by atoms with Crippen molar-refractivity contribution in [3.05, 3.63) is 94.5 Å². The van der Waals surface area contributed by atoms with Crippen LogP contribution in [0.4, 0.5) is 0 Å². The summed E-state index contributed by atoms with van der Waals surface area (Å²) >= 11 is 0. The molecule has 0 unspecified atom stereocenters. The molecule has 1 fully saturated rings. The van der Waals surface area contributed by atoms with Crippen LogP contribution in [0.25, 0.3) is 0 Å². The second-order valence-corrected chi connectivity index (χ2v) is 9.82. The van der Waals surface area contributed by atoms with Crippen LogP contribution >= 0.6 is 0 Å². The van der Waals surface area contributed by atoms with E-state index in [9.17, 15) is 4.79 Å². The average Bonchev–Trinajstić information content (AvgIpc) is 2.88. The van der Waals surface area contributed by atoms with Crippen LogP contribution in [0, 0.1) is 13.8 Å². The molecule has 3 aromatic carbocycles. The predicted octanol–water partition coefficient (Wildman–Crippen LogP) is 5.37. The fraction of sp³-hybridized carbons (Fsp3) is 0.387. The minimum absolute atomic E-state index is 0.143. The number of piperidine rings is 1. The van der Waals surface area contributed by atoms with Gasteiger partial charge in [0.25, 0.3) is 5.91 Å². The Labute approximate surface area is 215 Å². The smallest absolute Gasteiger partial charge is 0.254 e. The molecule has 5 heteroatoms. The van der Waals surface area contributed by atoms with Crippen molar-refractivity contribution in [2.24, 2.45) is 0 Å². The average molecular weight is 487 g/mol. The van der Waals surface area contributed by atoms with Gasteiger partial charge in [0.15, 0.2) is 0 Å². The van der Waals surface area contributed by atoms with Crippen LogP contribution in [0.5, 0.6) is 11.5 Å². The molecule has 0 aromatic heterocycles. The zero-order valence-electron chi connectivity index (χ0n) is 21.9. The summed E-state index contributed by atoms with van der Waals surface area (Å²) in [4.78, 5) is 15.7. The van der Waals surface area contributed by atoms with Crippen molar-refractivity contribution in [1.29, 1.82) is 0 Å². The lowest BCUT2D eigenvalue weighted by atomic mass is 9.91. The zero-order chi connectivity index (χ0) is 25.5. The first-order chi connectivity index (χ1) is 17.5. The van der Waals surface area contributed by atoms with Crippen molar-refractivity contribution < 1.29 is 14.3 Å². The largest absolute Gasteiger partial charge is 0.497 e. The fourth-order valence-electron chi connectivity index (χ4n) is 5.32. The summed E-state index contributed by atoms with van der Waals surface area (Å²) in [5.74, 6) is 1.80. The Balaban J connectivity index is 1.44. The first-order valence-electron chi connectivity index (χ1n) is 12.8. The number of likely N-dealkylation sites (tertiary alicyclic amines) is 1. The van der Waals surface area contributed by atoms with Crippen molar-refractivity contribution >= 4 is 5.91 Å². The molecule has 1 saturated heterocycles. The third-order valence-corrected chi connectivity index (χ3v) is 7.08. The first-order valence-corrected chi connectivity index (χ1v) is 12.8. The SMILES string of the molecule is COc1ccc(CCN[C@H]2CCN(C(=O)c3cc(C)cc(C)c3)[C@H](Cc3ccccc3)C2)c(OC)c1. The van der Waals surface area contributed by atoms with E-state index >= 15 is 0 Å². The van der Waals surface area contributed by atoms with Gasteiger partial charge < -0.3 is 19.7 Å². The van der Waals surface area contributed by atoms with Crippen molar-refractivity contribution in [2.75, 3.05) is 27.3 Å². The van der Waals surface area contributed by atoms with Gasteiger partial charge in [0.1, 0.15) is 11.5 Å². The van der Waals surface area contributed by atoms with Crippen LogP contribution in [-0.2, 0) is 12.8 Å². The fourth-order valence-corrected chi connectivity index (χ4v) is 5.32. The van der Waals surface area contributed by atoms with Crippen molar-refractivity contribution in [1.82, 2.24) is 10.2 Å². The van der Waals surface area contributed by atoms with Crippen LogP contribution in [0.15, 0.2) is 66.7 Å². The molecule has 5 nitrogen and oxygen atoms in total. The molecular weight excluding hydrogens is 448 g/mol. The number of benzene rings is 3. The second-order valence-electron chi connectivity index (χ2n) is 9.82. The number of nitrogens with one attached hydrogen (secondary N) is 1. The van der Waals surface area contributed by atoms with Crippen LogP contribution in [0.2, 0.25) is 0 Å². The van der Waals surface area contributed by atoms with Gasteiger partial charge in [-0.25, -0.2) is 0 Å². The molecule has 190 valence electrons. The summed E-state index contributed by atoms with van der Waals surface area (Å²) in [6.45, 7) is 5.72. The lowest BCUT2D eigenvalue weighted by molar-refractivity contribution is 0.0577. The Bertz CT molecular complexity index is 1140. The summed E-state index contributed by atoms with van der Waals surface area (Å²) in [7, 11) is 3.36. The maximum absolute atomic E-state index is 13.6. The molecule has 0 aliphatic carbocycles. The summed E-state index contributed by atoms with van der Waals surface area (Å²) in [5, 5.41) is 3.76. The summed E-state index contributed by atoms with van der Waals surface area (Å²) < 4.78 is 10.9. The van der Waals surface area contributed by atoms with E-state index in [2.05, 4.69) is 60.5 Å². The van der Waals surface area contributed by atoms with Gasteiger partial charge in [0.05, 0.1) is 14.2 Å². The van der Waals surface area contributed by atoms with E-state index in [4.69, 9.17) is 9.47 Å². The van der Waals surface area contributed by atoms with E-state index in [0.29, 0.717) is 6.04 Å². The normalized spacial score (nSPS) is 17.6. The number of hydrogen-bond donors (Lipinski definition) is 1. The molecule has 4 rings (SSSR count). The Kier molecular flexibility index (Phi) is 8.65. The van der Waals surface area contributed by atoms with E-state index in [-0.39, 0.29) is 11.9 Å². The maximum Gasteiger partial charge on any atom is 0.254 e. The number of hydrogen-bond acceptors (Lipinski definition) is 4. The highest BCUT2D eigenvalue weighted by Gasteiger charge is 2.32. The zero-order valence-corrected chi connectivity index (χ0v) is 21.9. The van der Waals surface area contributed by atoms with E-state index in [0.717, 1.165) is 72.5 Å². The summed E-state index contributed by atoms with van der Waals surface area (Å²) in [6, 6.07) is 23.2. The van der Waals surface area contributed by atoms with Crippen LogP contribution in [0.3, 0.4) is 0 Å². The molecule has 36 heavy (non-hydrogen) atoms. The van der Waals surface area contributed by atoms with Gasteiger partial charge in [0.2, 0.25) is 0 Å². The Morgan fingerprint density at radius 2 is 1.72 bits per heavy atom. The molecule has 1 N–H and O–H groups in total. The standard InChI is InChI=1S/C31H38N2O3/c1-22-16-23(2)18-26(17-22)31(34)33-15-13-27(20-28(33)19-24-8-6-5-7-9-24)32-14-12-25-10-11-29(35-3)21-30(25)36-4/h5-11,16-18,21,27-28,32H,12-15,19-20H2,1-4H3/t27-,28+/m0/s1. The number of carbonyl (C=O) groups is 1. The van der Waals surface area contributed by atoms with E-state index in [1.807, 2.05) is 30.3 Å². The van der Waals surface area contributed by atoms with E-state index < -0.39 is 0 Å². The van der Waals surface area contributed by atoms with Gasteiger partial charge in [-0.15, -0.1) is 0 Å². The Morgan fingerprint density at radius 1 is 0.972 bits per heavy atom. The number of carbonyl (C=O) groups excluding carboxylic acids is 1. The second kappa shape index (κ2) is 12.1. The van der Waals surface area contributed by atoms with Gasteiger partial charge in [-0.3, -0.25) is 4.79 Å². The van der Waals surface area contributed by atoms with Crippen LogP contribution in [0.1, 0.15) is 45.5 Å². The number of ether oxygens (including phenoxy) is 2. The minimum Gasteiger partial charge on any atom is -0.497 e. The molecule has 1 aliphatic rings. The van der Waals surface area contributed by atoms with E-state index in [1.165, 1.54) is 5.56 Å². The molecule has 0 saturated carbocycles. The summed E-state index contributed by atoms with van der Waals surface area (Å²) in [5.41, 5.74) is 5.48. The topological polar surface area (TPSA) is 50.8 Å². The number of methoxy groups -OCH3 is 2. The highest BCUT2D eigenvalue weighted by Crippen LogP contribution is 2.26. The molecule has 2 atom stereocenters. The molecule has 1 heterocycles. The number of aryl methyl sites for hydroxylation is 2. The van der Waals surface area contributed by atoms with Crippen LogP contribution < -0.4 is 14.8 Å². The van der Waals surface area contributed by atoms with Gasteiger partial charge in [0, 0.05) is 30.3 Å². The molecule has 1 amide bonds. The van der Waals surface area contributed by atoms with Gasteiger partial charge >= 0.3 is 0 Å². The van der Waals surface area contributed by atoms with Crippen molar-refractivity contribution in [3.63, 3.8) is 0 Å². The van der Waals surface area contributed by atoms with Crippen LogP contribution in [-0.4, -0.2) is 50.2 Å². The number of rotatable bonds is 9. The minimum atomic E-state index is 0.143. The number of amides is 1. The van der Waals surface area contributed by atoms with Gasteiger partial charge in [-0.1, -0.05) is 53.6 Å². The molecule has 0 radical (unpaired) electrons. The molecule has 3 aromatic rings. The first kappa shape index (κ1) is 25.8. The monoisotopic (exact) mass is 486 g/mol. The Morgan fingerprint density at radius 3 is 2.42 bits per heavy atom. The van der Waals surface area contributed by atoms with Gasteiger partial charge in [-0.05, 0) is 75.4 Å². The van der Waals surface area contributed by atoms with Crippen molar-refractivity contribution in [3.8, 4) is 11.5 Å². The Hall–Kier alpha value is -3.31. The maximum atomic E-state index is 13.6. The third kappa shape index (κ3) is 6.46. The quantitative estimate of drug-likeness (QED) is 0.442. The molecule has 0 spiro atoms. The third-order valence-electron chi connectivity index (χ3n) is 7.08. The lowest BCUT2D eigenvalue weighted by Gasteiger charge is -2.40.